The van der Waals surface area contributed by atoms with Crippen LogP contribution in [0.3, 0.4) is 0 Å². The van der Waals surface area contributed by atoms with Gasteiger partial charge in [-0.2, -0.15) is 0 Å². The van der Waals surface area contributed by atoms with Crippen LogP contribution >= 0.6 is 11.3 Å². The van der Waals surface area contributed by atoms with E-state index in [0.29, 0.717) is 6.04 Å². The first kappa shape index (κ1) is 15.4. The van der Waals surface area contributed by atoms with Crippen molar-refractivity contribution < 1.29 is 0 Å². The van der Waals surface area contributed by atoms with Crippen molar-refractivity contribution in [3.05, 3.63) is 71.5 Å². The van der Waals surface area contributed by atoms with E-state index in [0.717, 1.165) is 36.9 Å². The van der Waals surface area contributed by atoms with E-state index >= 15 is 0 Å². The molecule has 0 aliphatic carbocycles. The van der Waals surface area contributed by atoms with Gasteiger partial charge in [0.25, 0.3) is 0 Å². The molecule has 1 aliphatic heterocycles. The monoisotopic (exact) mass is 336 g/mol. The van der Waals surface area contributed by atoms with E-state index in [1.54, 1.807) is 11.3 Å². The topological polar surface area (TPSA) is 41.1 Å². The molecular formula is C19H20N4S. The molecule has 0 bridgehead atoms. The lowest BCUT2D eigenvalue weighted by Gasteiger charge is -2.36. The Hall–Kier alpha value is -2.08. The Bertz CT molecular complexity index is 772. The van der Waals surface area contributed by atoms with Crippen LogP contribution in [0.5, 0.6) is 0 Å². The highest BCUT2D eigenvalue weighted by Crippen LogP contribution is 2.27. The minimum atomic E-state index is 0.378. The predicted molar refractivity (Wildman–Crippen MR) is 97.8 cm³/mol. The van der Waals surface area contributed by atoms with Crippen molar-refractivity contribution in [2.45, 2.75) is 12.6 Å². The second-order valence-electron chi connectivity index (χ2n) is 5.98. The summed E-state index contributed by atoms with van der Waals surface area (Å²) in [5.41, 5.74) is 3.66. The molecule has 1 unspecified atom stereocenters. The van der Waals surface area contributed by atoms with E-state index in [-0.39, 0.29) is 0 Å². The van der Waals surface area contributed by atoms with Gasteiger partial charge in [0.1, 0.15) is 5.01 Å². The number of rotatable bonds is 4. The van der Waals surface area contributed by atoms with Crippen LogP contribution < -0.4 is 5.32 Å². The van der Waals surface area contributed by atoms with E-state index in [4.69, 9.17) is 4.98 Å². The summed E-state index contributed by atoms with van der Waals surface area (Å²) in [7, 11) is 0. The average Bonchev–Trinajstić information content (AvgIpc) is 3.12. The fourth-order valence-electron chi connectivity index (χ4n) is 3.15. The number of thiazole rings is 1. The van der Waals surface area contributed by atoms with Gasteiger partial charge in [-0.25, -0.2) is 4.98 Å². The van der Waals surface area contributed by atoms with Crippen LogP contribution in [0.15, 0.2) is 60.2 Å². The predicted octanol–water partition coefficient (Wildman–Crippen LogP) is 3.35. The van der Waals surface area contributed by atoms with Crippen molar-refractivity contribution in [1.29, 1.82) is 0 Å². The number of hydrogen-bond acceptors (Lipinski definition) is 5. The van der Waals surface area contributed by atoms with E-state index in [2.05, 4.69) is 57.0 Å². The molecule has 0 amide bonds. The average molecular weight is 336 g/mol. The molecule has 0 radical (unpaired) electrons. The highest BCUT2D eigenvalue weighted by atomic mass is 32.1. The molecule has 3 heterocycles. The van der Waals surface area contributed by atoms with E-state index in [9.17, 15) is 0 Å². The van der Waals surface area contributed by atoms with Crippen LogP contribution in [0.2, 0.25) is 0 Å². The molecule has 5 heteroatoms. The van der Waals surface area contributed by atoms with Crippen LogP contribution in [0, 0.1) is 0 Å². The van der Waals surface area contributed by atoms with Crippen molar-refractivity contribution >= 4 is 11.3 Å². The number of piperazine rings is 1. The fourth-order valence-corrected chi connectivity index (χ4v) is 3.97. The van der Waals surface area contributed by atoms with Crippen molar-refractivity contribution in [1.82, 2.24) is 20.2 Å². The maximum atomic E-state index is 4.85. The van der Waals surface area contributed by atoms with Gasteiger partial charge in [0.2, 0.25) is 0 Å². The molecule has 1 atom stereocenters. The largest absolute Gasteiger partial charge is 0.314 e. The van der Waals surface area contributed by atoms with Crippen LogP contribution in [-0.4, -0.2) is 34.5 Å². The molecule has 1 fully saturated rings. The lowest BCUT2D eigenvalue weighted by atomic mass is 10.0. The van der Waals surface area contributed by atoms with Crippen LogP contribution in [0.1, 0.15) is 17.3 Å². The van der Waals surface area contributed by atoms with Crippen LogP contribution in [0.25, 0.3) is 10.6 Å². The van der Waals surface area contributed by atoms with Crippen molar-refractivity contribution in [3.8, 4) is 10.6 Å². The maximum absolute atomic E-state index is 4.85. The first-order valence-electron chi connectivity index (χ1n) is 8.25. The number of pyridine rings is 1. The van der Waals surface area contributed by atoms with E-state index in [1.807, 2.05) is 18.5 Å². The summed E-state index contributed by atoms with van der Waals surface area (Å²) in [4.78, 5) is 11.5. The van der Waals surface area contributed by atoms with Crippen molar-refractivity contribution in [3.63, 3.8) is 0 Å². The highest BCUT2D eigenvalue weighted by Gasteiger charge is 2.24. The Morgan fingerprint density at radius 2 is 1.96 bits per heavy atom. The van der Waals surface area contributed by atoms with Gasteiger partial charge in [-0.3, -0.25) is 9.88 Å². The molecule has 3 aromatic rings. The molecule has 24 heavy (non-hydrogen) atoms. The molecule has 1 aromatic carbocycles. The number of benzene rings is 1. The Balaban J connectivity index is 1.52. The number of aromatic nitrogens is 2. The Morgan fingerprint density at radius 3 is 2.79 bits per heavy atom. The Morgan fingerprint density at radius 1 is 1.12 bits per heavy atom. The SMILES string of the molecule is c1ccc(-c2nc(CN3CCNCC3c3ccncc3)cs2)cc1. The number of nitrogens with zero attached hydrogens (tertiary/aromatic N) is 3. The molecule has 1 N–H and O–H groups in total. The molecule has 1 saturated heterocycles. The van der Waals surface area contributed by atoms with Crippen molar-refractivity contribution in [2.75, 3.05) is 19.6 Å². The summed E-state index contributed by atoms with van der Waals surface area (Å²) >= 11 is 1.72. The van der Waals surface area contributed by atoms with E-state index in [1.165, 1.54) is 11.1 Å². The van der Waals surface area contributed by atoms with Gasteiger partial charge in [0.15, 0.2) is 0 Å². The number of nitrogens with one attached hydrogen (secondary N) is 1. The quantitative estimate of drug-likeness (QED) is 0.793. The molecule has 0 spiro atoms. The summed E-state index contributed by atoms with van der Waals surface area (Å²) in [5, 5.41) is 6.79. The van der Waals surface area contributed by atoms with Gasteiger partial charge in [-0.1, -0.05) is 30.3 Å². The van der Waals surface area contributed by atoms with Gasteiger partial charge < -0.3 is 5.32 Å². The second-order valence-corrected chi connectivity index (χ2v) is 6.84. The van der Waals surface area contributed by atoms with Gasteiger partial charge in [0, 0.05) is 55.6 Å². The normalized spacial score (nSPS) is 18.6. The third kappa shape index (κ3) is 3.38. The minimum Gasteiger partial charge on any atom is -0.314 e. The Kier molecular flexibility index (Phi) is 4.64. The molecule has 1 aliphatic rings. The summed E-state index contributed by atoms with van der Waals surface area (Å²) in [6.45, 7) is 3.92. The van der Waals surface area contributed by atoms with Gasteiger partial charge >= 0.3 is 0 Å². The van der Waals surface area contributed by atoms with Gasteiger partial charge in [0.05, 0.1) is 5.69 Å². The van der Waals surface area contributed by atoms with Crippen LogP contribution in [0.4, 0.5) is 0 Å². The zero-order valence-corrected chi connectivity index (χ0v) is 14.2. The smallest absolute Gasteiger partial charge is 0.123 e. The Labute approximate surface area is 146 Å². The summed E-state index contributed by atoms with van der Waals surface area (Å²) in [5.74, 6) is 0. The molecule has 0 saturated carbocycles. The maximum Gasteiger partial charge on any atom is 0.123 e. The van der Waals surface area contributed by atoms with Gasteiger partial charge in [-0.15, -0.1) is 11.3 Å². The van der Waals surface area contributed by atoms with Gasteiger partial charge in [-0.05, 0) is 17.7 Å². The summed E-state index contributed by atoms with van der Waals surface area (Å²) in [6, 6.07) is 15.0. The lowest BCUT2D eigenvalue weighted by Crippen LogP contribution is -2.45. The molecule has 4 nitrogen and oxygen atoms in total. The standard InChI is InChI=1S/C19H20N4S/c1-2-4-16(5-3-1)19-22-17(14-24-19)13-23-11-10-21-12-18(23)15-6-8-20-9-7-15/h1-9,14,18,21H,10-13H2. The van der Waals surface area contributed by atoms with Crippen molar-refractivity contribution in [2.24, 2.45) is 0 Å². The summed E-state index contributed by atoms with van der Waals surface area (Å²) < 4.78 is 0. The first-order chi connectivity index (χ1) is 11.9. The highest BCUT2D eigenvalue weighted by molar-refractivity contribution is 7.13. The molecular weight excluding hydrogens is 316 g/mol. The lowest BCUT2D eigenvalue weighted by molar-refractivity contribution is 0.152. The zero-order chi connectivity index (χ0) is 16.2. The molecule has 4 rings (SSSR count). The minimum absolute atomic E-state index is 0.378. The number of hydrogen-bond donors (Lipinski definition) is 1. The molecule has 122 valence electrons. The molecule has 2 aromatic heterocycles. The second kappa shape index (κ2) is 7.21. The van der Waals surface area contributed by atoms with E-state index < -0.39 is 0 Å². The third-order valence-electron chi connectivity index (χ3n) is 4.38. The fraction of sp³-hybridized carbons (Fsp3) is 0.263. The first-order valence-corrected chi connectivity index (χ1v) is 9.12. The third-order valence-corrected chi connectivity index (χ3v) is 5.32. The summed E-state index contributed by atoms with van der Waals surface area (Å²) in [6.07, 6.45) is 3.75. The zero-order valence-electron chi connectivity index (χ0n) is 13.4. The van der Waals surface area contributed by atoms with Crippen LogP contribution in [-0.2, 0) is 6.54 Å².